The summed E-state index contributed by atoms with van der Waals surface area (Å²) in [5.41, 5.74) is 1.22. The van der Waals surface area contributed by atoms with Gasteiger partial charge in [0.2, 0.25) is 0 Å². The lowest BCUT2D eigenvalue weighted by Gasteiger charge is -2.20. The lowest BCUT2D eigenvalue weighted by molar-refractivity contribution is 0.910. The molecule has 2 aromatic rings. The third-order valence-corrected chi connectivity index (χ3v) is 4.82. The second kappa shape index (κ2) is 7.03. The predicted molar refractivity (Wildman–Crippen MR) is 96.5 cm³/mol. The first kappa shape index (κ1) is 15.2. The molecule has 2 saturated heterocycles. The van der Waals surface area contributed by atoms with Crippen molar-refractivity contribution in [2.75, 3.05) is 41.3 Å². The number of anilines is 3. The number of nitrogens with zero attached hydrogens (tertiary/aromatic N) is 5. The van der Waals surface area contributed by atoms with Gasteiger partial charge in [-0.2, -0.15) is 0 Å². The monoisotopic (exact) mass is 324 g/mol. The van der Waals surface area contributed by atoms with Crippen LogP contribution in [0.2, 0.25) is 0 Å². The average Bonchev–Trinajstić information content (AvgIpc) is 3.34. The van der Waals surface area contributed by atoms with Gasteiger partial charge in [-0.3, -0.25) is 0 Å². The van der Waals surface area contributed by atoms with Gasteiger partial charge in [0.25, 0.3) is 0 Å². The van der Waals surface area contributed by atoms with Gasteiger partial charge >= 0.3 is 0 Å². The van der Waals surface area contributed by atoms with Crippen LogP contribution in [0.3, 0.4) is 0 Å². The highest BCUT2D eigenvalue weighted by molar-refractivity contribution is 5.52. The van der Waals surface area contributed by atoms with Crippen molar-refractivity contribution in [3.63, 3.8) is 0 Å². The molecular formula is C18H24N6. The van der Waals surface area contributed by atoms with E-state index in [-0.39, 0.29) is 0 Å². The second-order valence-electron chi connectivity index (χ2n) is 6.49. The molecule has 0 spiro atoms. The van der Waals surface area contributed by atoms with Crippen LogP contribution in [0.5, 0.6) is 0 Å². The minimum Gasteiger partial charge on any atom is -0.366 e. The highest BCUT2D eigenvalue weighted by Gasteiger charge is 2.17. The van der Waals surface area contributed by atoms with E-state index in [9.17, 15) is 0 Å². The quantitative estimate of drug-likeness (QED) is 0.912. The van der Waals surface area contributed by atoms with Gasteiger partial charge in [-0.1, -0.05) is 6.07 Å². The zero-order valence-electron chi connectivity index (χ0n) is 14.0. The maximum atomic E-state index is 4.60. The Morgan fingerprint density at radius 1 is 0.917 bits per heavy atom. The number of nitrogens with one attached hydrogen (secondary N) is 1. The maximum Gasteiger partial charge on any atom is 0.134 e. The molecule has 1 N–H and O–H groups in total. The molecule has 24 heavy (non-hydrogen) atoms. The summed E-state index contributed by atoms with van der Waals surface area (Å²) in [6.45, 7) is 5.14. The Bertz CT molecular complexity index is 677. The molecule has 6 nitrogen and oxygen atoms in total. The van der Waals surface area contributed by atoms with Crippen LogP contribution in [0.15, 0.2) is 30.7 Å². The normalized spacial score (nSPS) is 17.5. The van der Waals surface area contributed by atoms with Gasteiger partial charge in [0, 0.05) is 50.6 Å². The van der Waals surface area contributed by atoms with Gasteiger partial charge < -0.3 is 15.1 Å². The summed E-state index contributed by atoms with van der Waals surface area (Å²) in [5.74, 6) is 3.01. The van der Waals surface area contributed by atoms with E-state index >= 15 is 0 Å². The summed E-state index contributed by atoms with van der Waals surface area (Å²) in [6, 6.07) is 6.21. The number of hydrogen-bond donors (Lipinski definition) is 1. The van der Waals surface area contributed by atoms with Crippen LogP contribution < -0.4 is 15.1 Å². The van der Waals surface area contributed by atoms with Crippen molar-refractivity contribution < 1.29 is 0 Å². The predicted octanol–water partition coefficient (Wildman–Crippen LogP) is 2.68. The largest absolute Gasteiger partial charge is 0.366 e. The first-order valence-corrected chi connectivity index (χ1v) is 8.90. The van der Waals surface area contributed by atoms with Crippen molar-refractivity contribution in [1.29, 1.82) is 0 Å². The molecule has 6 heteroatoms. The van der Waals surface area contributed by atoms with Crippen LogP contribution >= 0.6 is 0 Å². The fraction of sp³-hybridized carbons (Fsp3) is 0.500. The van der Waals surface area contributed by atoms with E-state index in [1.807, 2.05) is 12.3 Å². The molecule has 0 aliphatic carbocycles. The Morgan fingerprint density at radius 2 is 1.67 bits per heavy atom. The molecule has 2 aliphatic rings. The summed E-state index contributed by atoms with van der Waals surface area (Å²) in [5, 5.41) is 3.44. The van der Waals surface area contributed by atoms with Gasteiger partial charge in [0.15, 0.2) is 0 Å². The summed E-state index contributed by atoms with van der Waals surface area (Å²) in [6.07, 6.45) is 8.56. The Balaban J connectivity index is 1.46. The third-order valence-electron chi connectivity index (χ3n) is 4.82. The molecule has 2 fully saturated rings. The topological polar surface area (TPSA) is 57.2 Å². The number of aromatic nitrogens is 3. The fourth-order valence-corrected chi connectivity index (χ4v) is 3.53. The van der Waals surface area contributed by atoms with Crippen molar-refractivity contribution in [2.45, 2.75) is 32.2 Å². The second-order valence-corrected chi connectivity index (χ2v) is 6.49. The molecule has 2 aromatic heterocycles. The molecule has 2 aliphatic heterocycles. The minimum absolute atomic E-state index is 0.732. The number of pyridine rings is 1. The first-order chi connectivity index (χ1) is 11.9. The van der Waals surface area contributed by atoms with Gasteiger partial charge in [0.1, 0.15) is 23.8 Å². The molecular weight excluding hydrogens is 300 g/mol. The van der Waals surface area contributed by atoms with Crippen molar-refractivity contribution in [2.24, 2.45) is 0 Å². The van der Waals surface area contributed by atoms with Gasteiger partial charge in [-0.05, 0) is 31.7 Å². The zero-order chi connectivity index (χ0) is 16.2. The minimum atomic E-state index is 0.732. The lowest BCUT2D eigenvalue weighted by atomic mass is 10.2. The van der Waals surface area contributed by atoms with Gasteiger partial charge in [0.05, 0.1) is 0 Å². The van der Waals surface area contributed by atoms with Crippen LogP contribution in [-0.2, 0) is 6.54 Å². The summed E-state index contributed by atoms with van der Waals surface area (Å²) in [4.78, 5) is 18.1. The summed E-state index contributed by atoms with van der Waals surface area (Å²) in [7, 11) is 0. The molecule has 4 heterocycles. The Hall–Kier alpha value is -2.37. The van der Waals surface area contributed by atoms with Crippen LogP contribution in [0, 0.1) is 0 Å². The van der Waals surface area contributed by atoms with Crippen LogP contribution in [0.25, 0.3) is 0 Å². The highest BCUT2D eigenvalue weighted by atomic mass is 15.2. The number of rotatable bonds is 5. The summed E-state index contributed by atoms with van der Waals surface area (Å²) < 4.78 is 0. The SMILES string of the molecule is c1cnc(N2CCCC2)c(CNc2cc(N3CCCC3)ncn2)c1. The highest BCUT2D eigenvalue weighted by Crippen LogP contribution is 2.23. The van der Waals surface area contributed by atoms with E-state index < -0.39 is 0 Å². The van der Waals surface area contributed by atoms with Crippen molar-refractivity contribution in [1.82, 2.24) is 15.0 Å². The number of hydrogen-bond acceptors (Lipinski definition) is 6. The average molecular weight is 324 g/mol. The zero-order valence-corrected chi connectivity index (χ0v) is 14.0. The van der Waals surface area contributed by atoms with Gasteiger partial charge in [-0.25, -0.2) is 15.0 Å². The van der Waals surface area contributed by atoms with Crippen molar-refractivity contribution in [3.8, 4) is 0 Å². The molecule has 126 valence electrons. The summed E-state index contributed by atoms with van der Waals surface area (Å²) >= 11 is 0. The van der Waals surface area contributed by atoms with E-state index in [0.29, 0.717) is 0 Å². The molecule has 0 atom stereocenters. The van der Waals surface area contributed by atoms with Crippen molar-refractivity contribution in [3.05, 3.63) is 36.3 Å². The molecule has 4 rings (SSSR count). The molecule has 0 unspecified atom stereocenters. The van der Waals surface area contributed by atoms with Crippen LogP contribution in [0.4, 0.5) is 17.5 Å². The Kier molecular flexibility index (Phi) is 4.44. The van der Waals surface area contributed by atoms with Crippen molar-refractivity contribution >= 4 is 17.5 Å². The third kappa shape index (κ3) is 3.27. The standard InChI is InChI=1S/C18H24N6/c1-2-9-23(8-1)17-12-16(21-14-22-17)20-13-15-6-5-7-19-18(15)24-10-3-4-11-24/h5-7,12,14H,1-4,8-11,13H2,(H,20,21,22). The molecule has 0 radical (unpaired) electrons. The van der Waals surface area contributed by atoms with E-state index in [2.05, 4.69) is 42.2 Å². The smallest absolute Gasteiger partial charge is 0.134 e. The first-order valence-electron chi connectivity index (χ1n) is 8.90. The van der Waals surface area contributed by atoms with E-state index in [1.165, 1.54) is 31.2 Å². The maximum absolute atomic E-state index is 4.60. The molecule has 0 bridgehead atoms. The van der Waals surface area contributed by atoms with Gasteiger partial charge in [-0.15, -0.1) is 0 Å². The van der Waals surface area contributed by atoms with E-state index in [4.69, 9.17) is 0 Å². The lowest BCUT2D eigenvalue weighted by Crippen LogP contribution is -2.21. The molecule has 0 saturated carbocycles. The molecule has 0 amide bonds. The van der Waals surface area contributed by atoms with Crippen LogP contribution in [-0.4, -0.2) is 41.1 Å². The Labute approximate surface area is 142 Å². The van der Waals surface area contributed by atoms with Crippen LogP contribution in [0.1, 0.15) is 31.2 Å². The fourth-order valence-electron chi connectivity index (χ4n) is 3.53. The Morgan fingerprint density at radius 3 is 2.46 bits per heavy atom. The van der Waals surface area contributed by atoms with E-state index in [1.54, 1.807) is 6.33 Å². The van der Waals surface area contributed by atoms with E-state index in [0.717, 1.165) is 50.2 Å². The molecule has 0 aromatic carbocycles.